The summed E-state index contributed by atoms with van der Waals surface area (Å²) in [7, 11) is 2.57. The molecular weight excluding hydrogens is 692 g/mol. The molecule has 4 N–H and O–H groups in total. The zero-order valence-corrected chi connectivity index (χ0v) is 30.3. The van der Waals surface area contributed by atoms with Gasteiger partial charge in [-0.2, -0.15) is 0 Å². The number of benzene rings is 2. The molecule has 2 saturated heterocycles. The van der Waals surface area contributed by atoms with Gasteiger partial charge in [-0.25, -0.2) is 19.6 Å². The number of alkyl carbamates (subject to hydrolysis) is 2. The normalized spacial score (nSPS) is 19.5. The van der Waals surface area contributed by atoms with E-state index in [1.54, 1.807) is 18.0 Å². The Labute approximate surface area is 310 Å². The van der Waals surface area contributed by atoms with Crippen LogP contribution < -0.4 is 10.6 Å². The van der Waals surface area contributed by atoms with Crippen LogP contribution >= 0.6 is 0 Å². The summed E-state index contributed by atoms with van der Waals surface area (Å²) in [6.45, 7) is 2.82. The first kappa shape index (κ1) is 35.0. The standard InChI is InChI=1S/C38H42N10O6/c1-20(40-37(51)53-2)35(49)47-14-4-6-30(47)33-39-19-29(43-33)24-11-10-22-16-26(45-46-27(22)17-24)23-12-13-25-28(18-23)42-34(41-25)31-7-5-15-48(31)36(50)32(21-8-9-21)44-38(52)54-3/h10-13,16-21,30-32H,4-9,14-15H2,1-3H3,(H,39,43)(H,40,51)(H,41,42)(H,44,52). The molecule has 5 aromatic rings. The molecule has 16 nitrogen and oxygen atoms in total. The largest absolute Gasteiger partial charge is 0.453 e. The van der Waals surface area contributed by atoms with E-state index in [4.69, 9.17) is 9.72 Å². The summed E-state index contributed by atoms with van der Waals surface area (Å²) in [5.41, 5.74) is 5.59. The molecule has 4 unspecified atom stereocenters. The number of carbonyl (C=O) groups is 4. The molecule has 3 fully saturated rings. The lowest BCUT2D eigenvalue weighted by molar-refractivity contribution is -0.135. The van der Waals surface area contributed by atoms with Crippen LogP contribution in [0.2, 0.25) is 0 Å². The van der Waals surface area contributed by atoms with E-state index in [0.717, 1.165) is 83.1 Å². The molecule has 3 aliphatic rings. The molecular formula is C38H42N10O6. The fraction of sp³-hybridized carbons (Fsp3) is 0.421. The van der Waals surface area contributed by atoms with E-state index < -0.39 is 24.3 Å². The monoisotopic (exact) mass is 734 g/mol. The Bertz CT molecular complexity index is 2250. The van der Waals surface area contributed by atoms with E-state index in [9.17, 15) is 19.2 Å². The van der Waals surface area contributed by atoms with Gasteiger partial charge in [-0.3, -0.25) is 9.59 Å². The van der Waals surface area contributed by atoms with E-state index in [1.807, 2.05) is 47.4 Å². The molecule has 3 aromatic heterocycles. The Morgan fingerprint density at radius 2 is 1.48 bits per heavy atom. The number of carbonyl (C=O) groups excluding carboxylic acids is 4. The Hall–Kier alpha value is -6.06. The van der Waals surface area contributed by atoms with Crippen LogP contribution in [0.15, 0.2) is 48.7 Å². The van der Waals surface area contributed by atoms with E-state index >= 15 is 0 Å². The highest BCUT2D eigenvalue weighted by atomic mass is 16.5. The van der Waals surface area contributed by atoms with Crippen molar-refractivity contribution in [3.8, 4) is 22.5 Å². The second-order valence-corrected chi connectivity index (χ2v) is 14.2. The topological polar surface area (TPSA) is 200 Å². The third kappa shape index (κ3) is 6.78. The number of hydrogen-bond donors (Lipinski definition) is 4. The number of aromatic nitrogens is 6. The molecule has 2 aromatic carbocycles. The Morgan fingerprint density at radius 3 is 2.22 bits per heavy atom. The minimum absolute atomic E-state index is 0.0948. The number of aromatic amines is 2. The third-order valence-corrected chi connectivity index (χ3v) is 10.7. The quantitative estimate of drug-likeness (QED) is 0.164. The first-order chi connectivity index (χ1) is 26.2. The lowest BCUT2D eigenvalue weighted by atomic mass is 10.1. The molecule has 4 amide bonds. The fourth-order valence-corrected chi connectivity index (χ4v) is 7.70. The van der Waals surface area contributed by atoms with Gasteiger partial charge in [-0.1, -0.05) is 18.2 Å². The molecule has 16 heteroatoms. The number of rotatable bonds is 9. The number of ether oxygens (including phenoxy) is 2. The molecule has 280 valence electrons. The van der Waals surface area contributed by atoms with Crippen molar-refractivity contribution in [2.24, 2.45) is 5.92 Å². The van der Waals surface area contributed by atoms with Crippen molar-refractivity contribution in [2.45, 2.75) is 69.6 Å². The van der Waals surface area contributed by atoms with Gasteiger partial charge < -0.3 is 39.9 Å². The highest BCUT2D eigenvalue weighted by Gasteiger charge is 2.43. The lowest BCUT2D eigenvalue weighted by Crippen LogP contribution is -2.49. The Balaban J connectivity index is 0.978. The van der Waals surface area contributed by atoms with Gasteiger partial charge in [0.1, 0.15) is 23.7 Å². The molecule has 8 rings (SSSR count). The molecule has 2 aliphatic heterocycles. The van der Waals surface area contributed by atoms with Crippen LogP contribution in [-0.2, 0) is 19.1 Å². The second kappa shape index (κ2) is 14.4. The summed E-state index contributed by atoms with van der Waals surface area (Å²) < 4.78 is 9.43. The molecule has 0 bridgehead atoms. The zero-order chi connectivity index (χ0) is 37.5. The van der Waals surface area contributed by atoms with Crippen LogP contribution in [0.1, 0.15) is 69.2 Å². The van der Waals surface area contributed by atoms with Crippen LogP contribution in [0.25, 0.3) is 44.5 Å². The van der Waals surface area contributed by atoms with Gasteiger partial charge in [-0.15, -0.1) is 10.2 Å². The Kier molecular flexibility index (Phi) is 9.33. The number of imidazole rings is 2. The Morgan fingerprint density at radius 1 is 0.778 bits per heavy atom. The van der Waals surface area contributed by atoms with Crippen molar-refractivity contribution >= 4 is 45.9 Å². The maximum atomic E-state index is 13.6. The number of hydrogen-bond acceptors (Lipinski definition) is 10. The van der Waals surface area contributed by atoms with Gasteiger partial charge in [0.05, 0.1) is 60.4 Å². The molecule has 1 saturated carbocycles. The highest BCUT2D eigenvalue weighted by Crippen LogP contribution is 2.38. The summed E-state index contributed by atoms with van der Waals surface area (Å²) in [5.74, 6) is 1.25. The van der Waals surface area contributed by atoms with Gasteiger partial charge in [0.2, 0.25) is 11.8 Å². The van der Waals surface area contributed by atoms with Crippen molar-refractivity contribution < 1.29 is 28.7 Å². The van der Waals surface area contributed by atoms with Crippen molar-refractivity contribution in [1.82, 2.24) is 50.6 Å². The molecule has 0 spiro atoms. The van der Waals surface area contributed by atoms with Crippen molar-refractivity contribution in [3.63, 3.8) is 0 Å². The molecule has 4 atom stereocenters. The fourth-order valence-electron chi connectivity index (χ4n) is 7.70. The van der Waals surface area contributed by atoms with E-state index in [1.165, 1.54) is 14.2 Å². The zero-order valence-electron chi connectivity index (χ0n) is 30.3. The molecule has 5 heterocycles. The molecule has 1 aliphatic carbocycles. The maximum Gasteiger partial charge on any atom is 0.407 e. The van der Waals surface area contributed by atoms with E-state index in [0.29, 0.717) is 24.6 Å². The van der Waals surface area contributed by atoms with Gasteiger partial charge in [0.15, 0.2) is 0 Å². The lowest BCUT2D eigenvalue weighted by Gasteiger charge is -2.28. The van der Waals surface area contributed by atoms with Gasteiger partial charge in [-0.05, 0) is 75.6 Å². The summed E-state index contributed by atoms with van der Waals surface area (Å²) in [6, 6.07) is 12.1. The predicted molar refractivity (Wildman–Crippen MR) is 197 cm³/mol. The molecule has 54 heavy (non-hydrogen) atoms. The average molecular weight is 735 g/mol. The van der Waals surface area contributed by atoms with Gasteiger partial charge >= 0.3 is 12.2 Å². The number of likely N-dealkylation sites (tertiary alicyclic amines) is 2. The minimum Gasteiger partial charge on any atom is -0.453 e. The number of nitrogens with zero attached hydrogens (tertiary/aromatic N) is 6. The van der Waals surface area contributed by atoms with Crippen LogP contribution in [0, 0.1) is 5.92 Å². The number of fused-ring (bicyclic) bond motifs is 2. The van der Waals surface area contributed by atoms with Crippen molar-refractivity contribution in [1.29, 1.82) is 0 Å². The second-order valence-electron chi connectivity index (χ2n) is 14.2. The van der Waals surface area contributed by atoms with E-state index in [-0.39, 0.29) is 29.8 Å². The van der Waals surface area contributed by atoms with Crippen LogP contribution in [-0.4, -0.2) is 103 Å². The third-order valence-electron chi connectivity index (χ3n) is 10.7. The summed E-state index contributed by atoms with van der Waals surface area (Å²) in [5, 5.41) is 15.3. The van der Waals surface area contributed by atoms with Crippen LogP contribution in [0.3, 0.4) is 0 Å². The summed E-state index contributed by atoms with van der Waals surface area (Å²) in [4.78, 5) is 70.4. The number of amides is 4. The predicted octanol–water partition coefficient (Wildman–Crippen LogP) is 4.77. The van der Waals surface area contributed by atoms with Crippen molar-refractivity contribution in [3.05, 3.63) is 60.3 Å². The highest BCUT2D eigenvalue weighted by molar-refractivity contribution is 5.89. The average Bonchev–Trinajstić information content (AvgIpc) is 3.62. The summed E-state index contributed by atoms with van der Waals surface area (Å²) >= 11 is 0. The van der Waals surface area contributed by atoms with Gasteiger partial charge in [0, 0.05) is 29.6 Å². The number of H-pyrrole nitrogens is 2. The van der Waals surface area contributed by atoms with Crippen LogP contribution in [0.5, 0.6) is 0 Å². The SMILES string of the molecule is COC(=O)NC(C)C(=O)N1CCCC1c1ncc(-c2ccc3cc(-c4ccc5nc(C6CCCN6C(=O)C(NC(=O)OC)C6CC6)[nH]c5c4)nnc3c2)[nH]1. The minimum atomic E-state index is -0.723. The smallest absolute Gasteiger partial charge is 0.407 e. The first-order valence-electron chi connectivity index (χ1n) is 18.3. The van der Waals surface area contributed by atoms with Crippen LogP contribution in [0.4, 0.5) is 9.59 Å². The van der Waals surface area contributed by atoms with Gasteiger partial charge in [0.25, 0.3) is 0 Å². The molecule has 0 radical (unpaired) electrons. The summed E-state index contributed by atoms with van der Waals surface area (Å²) in [6.07, 6.45) is 5.54. The first-order valence-corrected chi connectivity index (χ1v) is 18.3. The number of methoxy groups -OCH3 is 2. The number of nitrogens with one attached hydrogen (secondary N) is 4. The van der Waals surface area contributed by atoms with E-state index in [2.05, 4.69) is 40.5 Å². The maximum absolute atomic E-state index is 13.6. The van der Waals surface area contributed by atoms with Crippen molar-refractivity contribution in [2.75, 3.05) is 27.3 Å².